The lowest BCUT2D eigenvalue weighted by molar-refractivity contribution is 0.0903. The Morgan fingerprint density at radius 3 is 2.48 bits per heavy atom. The van der Waals surface area contributed by atoms with Gasteiger partial charge in [-0.25, -0.2) is 9.97 Å². The van der Waals surface area contributed by atoms with Crippen molar-refractivity contribution in [2.45, 2.75) is 25.8 Å². The van der Waals surface area contributed by atoms with E-state index in [1.807, 2.05) is 61.1 Å². The van der Waals surface area contributed by atoms with Crippen LogP contribution in [-0.4, -0.2) is 56.5 Å². The van der Waals surface area contributed by atoms with Crippen molar-refractivity contribution in [3.05, 3.63) is 66.2 Å². The van der Waals surface area contributed by atoms with Crippen molar-refractivity contribution in [2.75, 3.05) is 20.1 Å². The van der Waals surface area contributed by atoms with Gasteiger partial charge in [-0.1, -0.05) is 30.3 Å². The third-order valence-electron chi connectivity index (χ3n) is 6.39. The molecule has 7 nitrogen and oxygen atoms in total. The van der Waals surface area contributed by atoms with Crippen molar-refractivity contribution in [2.24, 2.45) is 7.05 Å². The third-order valence-corrected chi connectivity index (χ3v) is 6.39. The SMILES string of the molecule is Cc1cc(-c2cc3c(nc2-c2ccccc2)nc(C(=O)NC2CCN(C)CC2)n3C)ccn1. The van der Waals surface area contributed by atoms with Gasteiger partial charge < -0.3 is 14.8 Å². The van der Waals surface area contributed by atoms with E-state index >= 15 is 0 Å². The second-order valence-electron chi connectivity index (χ2n) is 8.82. The van der Waals surface area contributed by atoms with E-state index in [0.717, 1.165) is 59.5 Å². The highest BCUT2D eigenvalue weighted by Gasteiger charge is 2.23. The van der Waals surface area contributed by atoms with Gasteiger partial charge in [-0.2, -0.15) is 0 Å². The summed E-state index contributed by atoms with van der Waals surface area (Å²) in [6.45, 7) is 3.96. The van der Waals surface area contributed by atoms with Crippen LogP contribution in [0.1, 0.15) is 29.2 Å². The van der Waals surface area contributed by atoms with Gasteiger partial charge in [0.15, 0.2) is 5.65 Å². The fourth-order valence-corrected chi connectivity index (χ4v) is 4.47. The molecular formula is C26H28N6O. The summed E-state index contributed by atoms with van der Waals surface area (Å²) in [6, 6.07) is 16.4. The number of piperidine rings is 1. The van der Waals surface area contributed by atoms with Crippen LogP contribution in [0.15, 0.2) is 54.7 Å². The second-order valence-corrected chi connectivity index (χ2v) is 8.82. The number of carbonyl (C=O) groups is 1. The van der Waals surface area contributed by atoms with Gasteiger partial charge in [-0.15, -0.1) is 0 Å². The smallest absolute Gasteiger partial charge is 0.287 e. The van der Waals surface area contributed by atoms with Crippen molar-refractivity contribution in [3.63, 3.8) is 0 Å². The van der Waals surface area contributed by atoms with Crippen LogP contribution in [0.25, 0.3) is 33.5 Å². The summed E-state index contributed by atoms with van der Waals surface area (Å²) in [5.41, 5.74) is 6.21. The number of fused-ring (bicyclic) bond motifs is 1. The molecule has 0 spiro atoms. The van der Waals surface area contributed by atoms with Crippen molar-refractivity contribution in [1.29, 1.82) is 0 Å². The van der Waals surface area contributed by atoms with Crippen LogP contribution in [0.5, 0.6) is 0 Å². The molecule has 0 atom stereocenters. The summed E-state index contributed by atoms with van der Waals surface area (Å²) < 4.78 is 1.85. The standard InChI is InChI=1S/C26H28N6O/c1-17-15-19(9-12-27-17)21-16-22-24(29-23(21)18-7-5-4-6-8-18)30-25(32(22)3)26(33)28-20-10-13-31(2)14-11-20/h4-9,12,15-16,20H,10-11,13-14H2,1-3H3,(H,28,33). The summed E-state index contributed by atoms with van der Waals surface area (Å²) in [6.07, 6.45) is 3.72. The van der Waals surface area contributed by atoms with Crippen LogP contribution in [-0.2, 0) is 7.05 Å². The molecule has 1 amide bonds. The highest BCUT2D eigenvalue weighted by molar-refractivity contribution is 5.96. The summed E-state index contributed by atoms with van der Waals surface area (Å²) in [5, 5.41) is 3.17. The minimum Gasteiger partial charge on any atom is -0.347 e. The maximum atomic E-state index is 13.1. The van der Waals surface area contributed by atoms with E-state index in [1.165, 1.54) is 0 Å². The molecule has 33 heavy (non-hydrogen) atoms. The molecule has 1 aliphatic heterocycles. The zero-order valence-corrected chi connectivity index (χ0v) is 19.2. The molecule has 0 aliphatic carbocycles. The van der Waals surface area contributed by atoms with E-state index in [9.17, 15) is 4.79 Å². The first kappa shape index (κ1) is 21.3. The Balaban J connectivity index is 1.58. The van der Waals surface area contributed by atoms with Crippen LogP contribution in [0.2, 0.25) is 0 Å². The molecule has 4 aromatic rings. The Hall–Kier alpha value is -3.58. The molecule has 0 bridgehead atoms. The van der Waals surface area contributed by atoms with Gasteiger partial charge in [-0.05, 0) is 63.7 Å². The van der Waals surface area contributed by atoms with Gasteiger partial charge in [-0.3, -0.25) is 9.78 Å². The molecule has 168 valence electrons. The van der Waals surface area contributed by atoms with Gasteiger partial charge in [0.1, 0.15) is 0 Å². The summed E-state index contributed by atoms with van der Waals surface area (Å²) in [5.74, 6) is 0.242. The van der Waals surface area contributed by atoms with E-state index in [0.29, 0.717) is 11.5 Å². The molecule has 5 rings (SSSR count). The largest absolute Gasteiger partial charge is 0.347 e. The zero-order chi connectivity index (χ0) is 22.9. The normalized spacial score (nSPS) is 15.1. The lowest BCUT2D eigenvalue weighted by Crippen LogP contribution is -2.43. The van der Waals surface area contributed by atoms with Crippen LogP contribution in [0.4, 0.5) is 0 Å². The monoisotopic (exact) mass is 440 g/mol. The number of rotatable bonds is 4. The fourth-order valence-electron chi connectivity index (χ4n) is 4.47. The zero-order valence-electron chi connectivity index (χ0n) is 19.2. The molecule has 7 heteroatoms. The number of imidazole rings is 1. The second kappa shape index (κ2) is 8.75. The Morgan fingerprint density at radius 2 is 1.76 bits per heavy atom. The van der Waals surface area contributed by atoms with Crippen molar-refractivity contribution in [3.8, 4) is 22.4 Å². The number of nitrogens with zero attached hydrogens (tertiary/aromatic N) is 5. The molecule has 0 unspecified atom stereocenters. The number of hydrogen-bond acceptors (Lipinski definition) is 5. The molecule has 0 radical (unpaired) electrons. The summed E-state index contributed by atoms with van der Waals surface area (Å²) >= 11 is 0. The number of likely N-dealkylation sites (tertiary alicyclic amines) is 1. The predicted octanol–water partition coefficient (Wildman–Crippen LogP) is 3.83. The van der Waals surface area contributed by atoms with E-state index in [2.05, 4.69) is 39.4 Å². The molecular weight excluding hydrogens is 412 g/mol. The molecule has 3 aromatic heterocycles. The maximum absolute atomic E-state index is 13.1. The van der Waals surface area contributed by atoms with E-state index in [4.69, 9.17) is 4.98 Å². The molecule has 4 heterocycles. The van der Waals surface area contributed by atoms with Crippen molar-refractivity contribution >= 4 is 17.1 Å². The first-order chi connectivity index (χ1) is 16.0. The number of aromatic nitrogens is 4. The van der Waals surface area contributed by atoms with Gasteiger partial charge in [0.25, 0.3) is 5.91 Å². The number of aryl methyl sites for hydroxylation is 2. The first-order valence-corrected chi connectivity index (χ1v) is 11.3. The Morgan fingerprint density at radius 1 is 1.00 bits per heavy atom. The van der Waals surface area contributed by atoms with Crippen molar-refractivity contribution in [1.82, 2.24) is 29.7 Å². The van der Waals surface area contributed by atoms with E-state index < -0.39 is 0 Å². The maximum Gasteiger partial charge on any atom is 0.287 e. The molecule has 1 aliphatic rings. The number of carbonyl (C=O) groups excluding carboxylic acids is 1. The third kappa shape index (κ3) is 4.24. The fraction of sp³-hybridized carbons (Fsp3) is 0.308. The van der Waals surface area contributed by atoms with Gasteiger partial charge >= 0.3 is 0 Å². The summed E-state index contributed by atoms with van der Waals surface area (Å²) in [4.78, 5) is 29.3. The van der Waals surface area contributed by atoms with Gasteiger partial charge in [0.2, 0.25) is 5.82 Å². The van der Waals surface area contributed by atoms with Crippen LogP contribution in [0, 0.1) is 6.92 Å². The predicted molar refractivity (Wildman–Crippen MR) is 130 cm³/mol. The number of nitrogens with one attached hydrogen (secondary N) is 1. The minimum atomic E-state index is -0.146. The molecule has 1 N–H and O–H groups in total. The van der Waals surface area contributed by atoms with Gasteiger partial charge in [0, 0.05) is 36.1 Å². The van der Waals surface area contributed by atoms with Crippen molar-refractivity contribution < 1.29 is 4.79 Å². The molecule has 0 saturated carbocycles. The molecule has 1 saturated heterocycles. The summed E-state index contributed by atoms with van der Waals surface area (Å²) in [7, 11) is 3.99. The van der Waals surface area contributed by atoms with E-state index in [-0.39, 0.29) is 11.9 Å². The topological polar surface area (TPSA) is 75.9 Å². The van der Waals surface area contributed by atoms with Crippen LogP contribution < -0.4 is 5.32 Å². The average molecular weight is 441 g/mol. The van der Waals surface area contributed by atoms with Crippen LogP contribution in [0.3, 0.4) is 0 Å². The number of hydrogen-bond donors (Lipinski definition) is 1. The lowest BCUT2D eigenvalue weighted by Gasteiger charge is -2.29. The Labute approximate surface area is 193 Å². The highest BCUT2D eigenvalue weighted by atomic mass is 16.2. The number of benzene rings is 1. The first-order valence-electron chi connectivity index (χ1n) is 11.3. The quantitative estimate of drug-likeness (QED) is 0.522. The van der Waals surface area contributed by atoms with Gasteiger partial charge in [0.05, 0.1) is 11.2 Å². The van der Waals surface area contributed by atoms with Crippen LogP contribution >= 0.6 is 0 Å². The molecule has 1 aromatic carbocycles. The van der Waals surface area contributed by atoms with E-state index in [1.54, 1.807) is 0 Å². The number of amides is 1. The number of pyridine rings is 2. The average Bonchev–Trinajstić information content (AvgIpc) is 3.16. The Bertz CT molecular complexity index is 1310. The highest BCUT2D eigenvalue weighted by Crippen LogP contribution is 2.33. The lowest BCUT2D eigenvalue weighted by atomic mass is 9.99. The Kier molecular flexibility index (Phi) is 5.64. The molecule has 1 fully saturated rings. The minimum absolute atomic E-state index is 0.146.